The first kappa shape index (κ1) is 16.3. The van der Waals surface area contributed by atoms with Crippen LogP contribution >= 0.6 is 0 Å². The fourth-order valence-electron chi connectivity index (χ4n) is 2.74. The third-order valence-electron chi connectivity index (χ3n) is 4.07. The van der Waals surface area contributed by atoms with Crippen LogP contribution in [0, 0.1) is 6.92 Å². The van der Waals surface area contributed by atoms with Gasteiger partial charge in [-0.05, 0) is 31.0 Å². The second kappa shape index (κ2) is 7.34. The number of hydrogen-bond acceptors (Lipinski definition) is 4. The van der Waals surface area contributed by atoms with Crippen molar-refractivity contribution < 1.29 is 4.74 Å². The van der Waals surface area contributed by atoms with Crippen LogP contribution in [-0.2, 0) is 0 Å². The largest absolute Gasteiger partial charge is 0.494 e. The fraction of sp³-hybridized carbons (Fsp3) is 0.368. The Morgan fingerprint density at radius 2 is 1.92 bits per heavy atom. The third-order valence-corrected chi connectivity index (χ3v) is 4.07. The molecule has 24 heavy (non-hydrogen) atoms. The summed E-state index contributed by atoms with van der Waals surface area (Å²) >= 11 is 0. The zero-order valence-corrected chi connectivity index (χ0v) is 14.3. The minimum Gasteiger partial charge on any atom is -0.494 e. The lowest BCUT2D eigenvalue weighted by Crippen LogP contribution is -2.02. The summed E-state index contributed by atoms with van der Waals surface area (Å²) in [5, 5.41) is 4.39. The third kappa shape index (κ3) is 3.50. The first-order chi connectivity index (χ1) is 11.7. The van der Waals surface area contributed by atoms with E-state index in [1.54, 1.807) is 10.7 Å². The van der Waals surface area contributed by atoms with Crippen LogP contribution in [0.5, 0.6) is 5.75 Å². The summed E-state index contributed by atoms with van der Waals surface area (Å²) in [5.41, 5.74) is 9.81. The molecule has 0 aliphatic rings. The second-order valence-electron chi connectivity index (χ2n) is 6.05. The molecule has 2 heterocycles. The van der Waals surface area contributed by atoms with Crippen LogP contribution in [0.15, 0.2) is 36.5 Å². The van der Waals surface area contributed by atoms with Gasteiger partial charge in [0.25, 0.3) is 0 Å². The van der Waals surface area contributed by atoms with Crippen molar-refractivity contribution in [3.05, 3.63) is 42.2 Å². The van der Waals surface area contributed by atoms with E-state index in [0.29, 0.717) is 5.82 Å². The van der Waals surface area contributed by atoms with Crippen LogP contribution in [-0.4, -0.2) is 21.2 Å². The van der Waals surface area contributed by atoms with Crippen LogP contribution in [0.2, 0.25) is 0 Å². The van der Waals surface area contributed by atoms with Crippen molar-refractivity contribution in [2.45, 2.75) is 39.5 Å². The van der Waals surface area contributed by atoms with Gasteiger partial charge in [-0.15, -0.1) is 0 Å². The number of nitrogen functional groups attached to an aromatic ring is 1. The molecule has 3 aromatic rings. The molecule has 3 rings (SSSR count). The average molecular weight is 324 g/mol. The Bertz CT molecular complexity index is 808. The molecule has 5 nitrogen and oxygen atoms in total. The summed E-state index contributed by atoms with van der Waals surface area (Å²) in [7, 11) is 0. The summed E-state index contributed by atoms with van der Waals surface area (Å²) in [6, 6.07) is 9.89. The number of rotatable bonds is 7. The van der Waals surface area contributed by atoms with E-state index in [9.17, 15) is 0 Å². The Labute approximate surface area is 142 Å². The van der Waals surface area contributed by atoms with Gasteiger partial charge >= 0.3 is 0 Å². The number of nitrogens with two attached hydrogens (primary N) is 1. The van der Waals surface area contributed by atoms with Gasteiger partial charge in [-0.1, -0.05) is 38.3 Å². The van der Waals surface area contributed by atoms with Crippen LogP contribution < -0.4 is 10.5 Å². The van der Waals surface area contributed by atoms with E-state index in [1.807, 2.05) is 37.3 Å². The predicted molar refractivity (Wildman–Crippen MR) is 97.2 cm³/mol. The molecule has 0 fully saturated rings. The van der Waals surface area contributed by atoms with Crippen molar-refractivity contribution in [2.75, 3.05) is 12.3 Å². The number of hydrogen-bond donors (Lipinski definition) is 1. The van der Waals surface area contributed by atoms with E-state index in [4.69, 9.17) is 10.5 Å². The Kier molecular flexibility index (Phi) is 4.99. The number of aryl methyl sites for hydroxylation is 1. The molecule has 0 unspecified atom stereocenters. The van der Waals surface area contributed by atoms with E-state index in [-0.39, 0.29) is 0 Å². The van der Waals surface area contributed by atoms with Crippen molar-refractivity contribution in [1.82, 2.24) is 14.6 Å². The van der Waals surface area contributed by atoms with E-state index in [1.165, 1.54) is 19.3 Å². The highest BCUT2D eigenvalue weighted by Crippen LogP contribution is 2.27. The van der Waals surface area contributed by atoms with Crippen molar-refractivity contribution >= 4 is 11.5 Å². The van der Waals surface area contributed by atoms with Crippen molar-refractivity contribution in [3.8, 4) is 16.9 Å². The van der Waals surface area contributed by atoms with Gasteiger partial charge in [0.05, 0.1) is 12.3 Å². The molecule has 0 spiro atoms. The van der Waals surface area contributed by atoms with E-state index < -0.39 is 0 Å². The standard InChI is InChI=1S/C19H24N4O/c1-3-4-5-6-11-24-16-9-7-15(8-10-16)17-13-21-18-12-14(2)22-23(18)19(17)20/h7-10,12-13H,3-6,11,20H2,1-2H3. The lowest BCUT2D eigenvalue weighted by atomic mass is 10.1. The summed E-state index contributed by atoms with van der Waals surface area (Å²) in [6.45, 7) is 4.91. The molecule has 126 valence electrons. The fourth-order valence-corrected chi connectivity index (χ4v) is 2.74. The van der Waals surface area contributed by atoms with E-state index in [2.05, 4.69) is 17.0 Å². The summed E-state index contributed by atoms with van der Waals surface area (Å²) in [4.78, 5) is 4.43. The molecule has 0 bridgehead atoms. The smallest absolute Gasteiger partial charge is 0.157 e. The number of unbranched alkanes of at least 4 members (excludes halogenated alkanes) is 3. The molecule has 0 atom stereocenters. The summed E-state index contributed by atoms with van der Waals surface area (Å²) < 4.78 is 7.47. The van der Waals surface area contributed by atoms with Crippen molar-refractivity contribution in [2.24, 2.45) is 0 Å². The number of benzene rings is 1. The Morgan fingerprint density at radius 1 is 1.12 bits per heavy atom. The molecule has 0 saturated carbocycles. The van der Waals surface area contributed by atoms with Crippen molar-refractivity contribution in [1.29, 1.82) is 0 Å². The summed E-state index contributed by atoms with van der Waals surface area (Å²) in [5.74, 6) is 1.49. The Morgan fingerprint density at radius 3 is 2.67 bits per heavy atom. The van der Waals surface area contributed by atoms with Gasteiger partial charge in [-0.3, -0.25) is 0 Å². The molecule has 0 aliphatic heterocycles. The molecular formula is C19H24N4O. The maximum atomic E-state index is 6.26. The zero-order valence-electron chi connectivity index (χ0n) is 14.3. The molecule has 2 N–H and O–H groups in total. The molecule has 0 amide bonds. The maximum absolute atomic E-state index is 6.26. The molecule has 1 aromatic carbocycles. The Balaban J connectivity index is 1.72. The minimum absolute atomic E-state index is 0.598. The zero-order chi connectivity index (χ0) is 16.9. The maximum Gasteiger partial charge on any atom is 0.157 e. The minimum atomic E-state index is 0.598. The predicted octanol–water partition coefficient (Wildman–Crippen LogP) is 4.25. The van der Waals surface area contributed by atoms with Crippen LogP contribution in [0.1, 0.15) is 38.3 Å². The molecule has 0 aliphatic carbocycles. The van der Waals surface area contributed by atoms with Crippen LogP contribution in [0.25, 0.3) is 16.8 Å². The van der Waals surface area contributed by atoms with Gasteiger partial charge < -0.3 is 10.5 Å². The lowest BCUT2D eigenvalue weighted by molar-refractivity contribution is 0.305. The number of nitrogens with zero attached hydrogens (tertiary/aromatic N) is 3. The normalized spacial score (nSPS) is 11.1. The van der Waals surface area contributed by atoms with Crippen LogP contribution in [0.3, 0.4) is 0 Å². The highest BCUT2D eigenvalue weighted by atomic mass is 16.5. The van der Waals surface area contributed by atoms with Gasteiger partial charge in [0.15, 0.2) is 5.65 Å². The first-order valence-corrected chi connectivity index (χ1v) is 8.53. The average Bonchev–Trinajstić information content (AvgIpc) is 2.97. The first-order valence-electron chi connectivity index (χ1n) is 8.53. The molecule has 2 aromatic heterocycles. The molecular weight excluding hydrogens is 300 g/mol. The van der Waals surface area contributed by atoms with Gasteiger partial charge in [0, 0.05) is 17.8 Å². The molecule has 5 heteroatoms. The lowest BCUT2D eigenvalue weighted by Gasteiger charge is -2.09. The second-order valence-corrected chi connectivity index (χ2v) is 6.05. The van der Waals surface area contributed by atoms with Gasteiger partial charge in [0.2, 0.25) is 0 Å². The quantitative estimate of drug-likeness (QED) is 0.660. The number of anilines is 1. The van der Waals surface area contributed by atoms with Gasteiger partial charge in [-0.2, -0.15) is 9.61 Å². The molecule has 0 saturated heterocycles. The number of fused-ring (bicyclic) bond motifs is 1. The topological polar surface area (TPSA) is 65.4 Å². The Hall–Kier alpha value is -2.56. The number of ether oxygens (including phenoxy) is 1. The van der Waals surface area contributed by atoms with Gasteiger partial charge in [0.1, 0.15) is 11.6 Å². The van der Waals surface area contributed by atoms with Crippen molar-refractivity contribution in [3.63, 3.8) is 0 Å². The van der Waals surface area contributed by atoms with E-state index in [0.717, 1.165) is 41.2 Å². The summed E-state index contributed by atoms with van der Waals surface area (Å²) in [6.07, 6.45) is 6.63. The molecule has 0 radical (unpaired) electrons. The number of aromatic nitrogens is 3. The SMILES string of the molecule is CCCCCCOc1ccc(-c2cnc3cc(C)nn3c2N)cc1. The van der Waals surface area contributed by atoms with Gasteiger partial charge in [-0.25, -0.2) is 4.98 Å². The highest BCUT2D eigenvalue weighted by molar-refractivity contribution is 5.75. The van der Waals surface area contributed by atoms with E-state index >= 15 is 0 Å². The highest BCUT2D eigenvalue weighted by Gasteiger charge is 2.09. The monoisotopic (exact) mass is 324 g/mol. The van der Waals surface area contributed by atoms with Crippen LogP contribution in [0.4, 0.5) is 5.82 Å².